The van der Waals surface area contributed by atoms with Crippen LogP contribution in [0.15, 0.2) is 0 Å². The van der Waals surface area contributed by atoms with Crippen molar-refractivity contribution in [3.63, 3.8) is 0 Å². The first kappa shape index (κ1) is 7.24. The van der Waals surface area contributed by atoms with Gasteiger partial charge in [-0.25, -0.2) is 18.1 Å². The van der Waals surface area contributed by atoms with Gasteiger partial charge < -0.3 is 4.90 Å². The van der Waals surface area contributed by atoms with E-state index in [1.165, 1.54) is 19.0 Å². The molecule has 3 rings (SSSR count). The highest BCUT2D eigenvalue weighted by molar-refractivity contribution is 7.52. The van der Waals surface area contributed by atoms with E-state index in [0.29, 0.717) is 0 Å². The average molecular weight is 179 g/mol. The number of amides is 1. The van der Waals surface area contributed by atoms with Gasteiger partial charge in [0.25, 0.3) is 0 Å². The molecule has 0 aromatic heterocycles. The maximum Gasteiger partial charge on any atom is 0.489 e. The molecular formula is C4H6NO5P. The van der Waals surface area contributed by atoms with E-state index in [4.69, 9.17) is 0 Å². The molecular weight excluding hydrogens is 173 g/mol. The Kier molecular flexibility index (Phi) is 1.10. The minimum atomic E-state index is -3.23. The van der Waals surface area contributed by atoms with E-state index in [2.05, 4.69) is 13.6 Å². The van der Waals surface area contributed by atoms with Crippen LogP contribution in [0, 0.1) is 0 Å². The highest BCUT2D eigenvalue weighted by atomic mass is 31.2. The number of phosphoric ester groups is 1. The predicted molar refractivity (Wildman–Crippen MR) is 32.3 cm³/mol. The van der Waals surface area contributed by atoms with Crippen LogP contribution in [0.25, 0.3) is 0 Å². The Balaban J connectivity index is 2.10. The monoisotopic (exact) mass is 179 g/mol. The minimum absolute atomic E-state index is 0.491. The van der Waals surface area contributed by atoms with Gasteiger partial charge in [-0.05, 0) is 0 Å². The fourth-order valence-electron chi connectivity index (χ4n) is 0.853. The molecule has 0 saturated carbocycles. The van der Waals surface area contributed by atoms with Gasteiger partial charge in [-0.1, -0.05) is 0 Å². The Morgan fingerprint density at radius 1 is 1.36 bits per heavy atom. The number of phosphoric acid groups is 1. The van der Waals surface area contributed by atoms with Gasteiger partial charge in [-0.3, -0.25) is 4.79 Å². The normalized spacial score (nSPS) is 45.6. The molecule has 3 aliphatic heterocycles. The summed E-state index contributed by atoms with van der Waals surface area (Å²) in [7, 11) is -0.184. The Labute approximate surface area is 62.6 Å². The van der Waals surface area contributed by atoms with Crippen LogP contribution < -0.4 is 0 Å². The summed E-state index contributed by atoms with van der Waals surface area (Å²) in [6, 6.07) is 0. The smallest absolute Gasteiger partial charge is 0.342 e. The maximum atomic E-state index is 11.1. The summed E-state index contributed by atoms with van der Waals surface area (Å²) >= 11 is 0. The molecule has 3 aliphatic rings. The lowest BCUT2D eigenvalue weighted by molar-refractivity contribution is -0.402. The fraction of sp³-hybridized carbons (Fsp3) is 0.750. The molecule has 3 heterocycles. The lowest BCUT2D eigenvalue weighted by Gasteiger charge is -2.53. The van der Waals surface area contributed by atoms with Gasteiger partial charge in [0.2, 0.25) is 0 Å². The molecule has 0 radical (unpaired) electrons. The highest BCUT2D eigenvalue weighted by Crippen LogP contribution is 2.80. The predicted octanol–water partition coefficient (Wildman–Crippen LogP) is -0.0865. The largest absolute Gasteiger partial charge is 0.489 e. The van der Waals surface area contributed by atoms with Crippen molar-refractivity contribution in [1.29, 1.82) is 0 Å². The molecule has 0 unspecified atom stereocenters. The Morgan fingerprint density at radius 2 is 1.82 bits per heavy atom. The summed E-state index contributed by atoms with van der Waals surface area (Å²) in [5.74, 6) is -2.16. The number of hydrogen-bond donors (Lipinski definition) is 0. The number of rotatable bonds is 1. The first-order chi connectivity index (χ1) is 4.98. The summed E-state index contributed by atoms with van der Waals surface area (Å²) in [6.45, 7) is 0. The third kappa shape index (κ3) is 0.724. The second-order valence-corrected chi connectivity index (χ2v) is 3.92. The number of carbonyl (C=O) groups excluding carboxylic acids is 1. The van der Waals surface area contributed by atoms with Gasteiger partial charge in [0.1, 0.15) is 0 Å². The summed E-state index contributed by atoms with van der Waals surface area (Å²) in [6.07, 6.45) is 0. The summed E-state index contributed by atoms with van der Waals surface area (Å²) < 4.78 is 24.3. The van der Waals surface area contributed by atoms with E-state index in [-0.39, 0.29) is 0 Å². The average Bonchev–Trinajstić information content (AvgIpc) is 1.77. The first-order valence-electron chi connectivity index (χ1n) is 2.91. The summed E-state index contributed by atoms with van der Waals surface area (Å²) in [5, 5.41) is 0. The SMILES string of the molecule is CN(C)C(=O)C12OP(=O)(O1)O2. The van der Waals surface area contributed by atoms with Gasteiger partial charge >= 0.3 is 19.7 Å². The number of carbonyl (C=O) groups is 1. The van der Waals surface area contributed by atoms with Crippen molar-refractivity contribution >= 4 is 13.7 Å². The van der Waals surface area contributed by atoms with E-state index in [1.54, 1.807) is 0 Å². The van der Waals surface area contributed by atoms with Crippen molar-refractivity contribution in [2.45, 2.75) is 5.97 Å². The molecule has 0 aromatic rings. The second-order valence-electron chi connectivity index (χ2n) is 2.48. The van der Waals surface area contributed by atoms with E-state index in [0.717, 1.165) is 0 Å². The molecule has 2 bridgehead atoms. The second kappa shape index (κ2) is 1.67. The molecule has 3 saturated heterocycles. The van der Waals surface area contributed by atoms with E-state index >= 15 is 0 Å². The first-order valence-corrected chi connectivity index (χ1v) is 4.38. The van der Waals surface area contributed by atoms with Crippen LogP contribution >= 0.6 is 7.82 Å². The van der Waals surface area contributed by atoms with Crippen molar-refractivity contribution in [2.24, 2.45) is 0 Å². The third-order valence-corrected chi connectivity index (χ3v) is 2.76. The Hall–Kier alpha value is -0.420. The zero-order chi connectivity index (χ0) is 8.28. The van der Waals surface area contributed by atoms with Gasteiger partial charge in [-0.15, -0.1) is 0 Å². The number of hydrogen-bond acceptors (Lipinski definition) is 5. The lowest BCUT2D eigenvalue weighted by Crippen LogP contribution is -2.65. The van der Waals surface area contributed by atoms with Crippen molar-refractivity contribution in [3.05, 3.63) is 0 Å². The van der Waals surface area contributed by atoms with Gasteiger partial charge in [0, 0.05) is 14.1 Å². The maximum absolute atomic E-state index is 11.1. The quantitative estimate of drug-likeness (QED) is 0.526. The Bertz CT molecular complexity index is 247. The Morgan fingerprint density at radius 3 is 2.09 bits per heavy atom. The highest BCUT2D eigenvalue weighted by Gasteiger charge is 2.79. The van der Waals surface area contributed by atoms with E-state index in [1.807, 2.05) is 0 Å². The molecule has 11 heavy (non-hydrogen) atoms. The summed E-state index contributed by atoms with van der Waals surface area (Å²) in [5.41, 5.74) is 0. The van der Waals surface area contributed by atoms with Crippen LogP contribution in [0.1, 0.15) is 0 Å². The molecule has 1 amide bonds. The van der Waals surface area contributed by atoms with Crippen LogP contribution in [0.3, 0.4) is 0 Å². The van der Waals surface area contributed by atoms with Crippen molar-refractivity contribution in [2.75, 3.05) is 14.1 Å². The molecule has 6 nitrogen and oxygen atoms in total. The third-order valence-electron chi connectivity index (χ3n) is 1.36. The molecule has 0 atom stereocenters. The summed E-state index contributed by atoms with van der Waals surface area (Å²) in [4.78, 5) is 12.3. The standard InChI is InChI=1S/C4H6NO5P/c1-5(2)3(6)4-8-11(7,9-4)10-4/h1-2H3. The molecule has 7 heteroatoms. The van der Waals surface area contributed by atoms with Crippen LogP contribution in [-0.2, 0) is 22.9 Å². The van der Waals surface area contributed by atoms with E-state index in [9.17, 15) is 9.36 Å². The molecule has 3 fully saturated rings. The molecule has 0 spiro atoms. The van der Waals surface area contributed by atoms with Crippen LogP contribution in [0.2, 0.25) is 0 Å². The minimum Gasteiger partial charge on any atom is -0.342 e. The zero-order valence-electron chi connectivity index (χ0n) is 5.94. The van der Waals surface area contributed by atoms with Gasteiger partial charge in [-0.2, -0.15) is 0 Å². The van der Waals surface area contributed by atoms with Crippen LogP contribution in [-0.4, -0.2) is 30.9 Å². The van der Waals surface area contributed by atoms with E-state index < -0.39 is 19.7 Å². The van der Waals surface area contributed by atoms with Crippen molar-refractivity contribution < 1.29 is 22.9 Å². The number of nitrogens with zero attached hydrogens (tertiary/aromatic N) is 1. The molecule has 0 aromatic carbocycles. The molecule has 62 valence electrons. The molecule has 0 N–H and O–H groups in total. The fourth-order valence-corrected chi connectivity index (χ4v) is 2.01. The molecule has 0 aliphatic carbocycles. The number of likely N-dealkylation sites (N-methyl/N-ethyl adjacent to an activating group) is 1. The van der Waals surface area contributed by atoms with Gasteiger partial charge in [0.15, 0.2) is 0 Å². The van der Waals surface area contributed by atoms with Crippen molar-refractivity contribution in [3.8, 4) is 0 Å². The van der Waals surface area contributed by atoms with Gasteiger partial charge in [0.05, 0.1) is 0 Å². The van der Waals surface area contributed by atoms with Crippen LogP contribution in [0.4, 0.5) is 0 Å². The zero-order valence-corrected chi connectivity index (χ0v) is 6.83. The van der Waals surface area contributed by atoms with Crippen LogP contribution in [0.5, 0.6) is 0 Å². The topological polar surface area (TPSA) is 65.1 Å². The van der Waals surface area contributed by atoms with Crippen molar-refractivity contribution in [1.82, 2.24) is 4.90 Å². The lowest BCUT2D eigenvalue weighted by atomic mass is 10.5.